The number of carbonyl (C=O) groups is 1. The van der Waals surface area contributed by atoms with E-state index in [2.05, 4.69) is 10.3 Å². The molecule has 7 nitrogen and oxygen atoms in total. The molecule has 4 rings (SSSR count). The standard InChI is InChI=1S/C25H26FN3O4S/c1-4-11-33-19-10-7-16(12-20(19)32-3)18-13-21(30)27-23-22(18)24(31)28-25(29(23)2)34-14-15-5-8-17(26)9-6-15/h5-10,12,18H,4,11,13-14H2,1-3H3,(H,27,30)/t18-/m0/s1. The van der Waals surface area contributed by atoms with Gasteiger partial charge in [0.15, 0.2) is 16.7 Å². The van der Waals surface area contributed by atoms with Crippen LogP contribution >= 0.6 is 11.8 Å². The van der Waals surface area contributed by atoms with Crippen molar-refractivity contribution in [3.63, 3.8) is 0 Å². The Morgan fingerprint density at radius 2 is 1.94 bits per heavy atom. The Morgan fingerprint density at radius 1 is 1.18 bits per heavy atom. The molecule has 178 valence electrons. The van der Waals surface area contributed by atoms with Crippen molar-refractivity contribution < 1.29 is 18.7 Å². The van der Waals surface area contributed by atoms with E-state index in [1.54, 1.807) is 36.9 Å². The highest BCUT2D eigenvalue weighted by atomic mass is 32.2. The molecule has 1 amide bonds. The minimum absolute atomic E-state index is 0.129. The summed E-state index contributed by atoms with van der Waals surface area (Å²) in [6.07, 6.45) is 0.995. The molecule has 0 spiro atoms. The van der Waals surface area contributed by atoms with E-state index in [-0.39, 0.29) is 23.7 Å². The first-order valence-electron chi connectivity index (χ1n) is 11.0. The number of hydrogen-bond donors (Lipinski definition) is 1. The fourth-order valence-corrected chi connectivity index (χ4v) is 4.83. The van der Waals surface area contributed by atoms with Gasteiger partial charge in [0, 0.05) is 25.1 Å². The molecule has 0 saturated carbocycles. The van der Waals surface area contributed by atoms with Gasteiger partial charge in [0.05, 0.1) is 19.3 Å². The van der Waals surface area contributed by atoms with Crippen LogP contribution in [0.15, 0.2) is 52.4 Å². The van der Waals surface area contributed by atoms with E-state index in [4.69, 9.17) is 9.47 Å². The van der Waals surface area contributed by atoms with Crippen LogP contribution < -0.4 is 20.3 Å². The molecule has 0 aliphatic carbocycles. The summed E-state index contributed by atoms with van der Waals surface area (Å²) in [6.45, 7) is 2.58. The van der Waals surface area contributed by atoms with Crippen LogP contribution in [0.4, 0.5) is 10.2 Å². The molecule has 0 saturated heterocycles. The summed E-state index contributed by atoms with van der Waals surface area (Å²) in [7, 11) is 3.33. The number of amides is 1. The summed E-state index contributed by atoms with van der Waals surface area (Å²) in [5.74, 6) is 1.17. The molecule has 2 aromatic carbocycles. The fourth-order valence-electron chi connectivity index (χ4n) is 3.91. The van der Waals surface area contributed by atoms with Gasteiger partial charge in [-0.15, -0.1) is 0 Å². The summed E-state index contributed by atoms with van der Waals surface area (Å²) in [5.41, 5.74) is 1.74. The third-order valence-electron chi connectivity index (χ3n) is 5.63. The maximum Gasteiger partial charge on any atom is 0.279 e. The average molecular weight is 484 g/mol. The van der Waals surface area contributed by atoms with Gasteiger partial charge in [-0.25, -0.2) is 4.39 Å². The molecule has 1 atom stereocenters. The van der Waals surface area contributed by atoms with Gasteiger partial charge < -0.3 is 19.4 Å². The third kappa shape index (κ3) is 4.94. The van der Waals surface area contributed by atoms with Crippen LogP contribution in [0.2, 0.25) is 0 Å². The fraction of sp³-hybridized carbons (Fsp3) is 0.320. The second-order valence-electron chi connectivity index (χ2n) is 8.00. The van der Waals surface area contributed by atoms with E-state index in [0.717, 1.165) is 17.5 Å². The molecular weight excluding hydrogens is 457 g/mol. The number of thioether (sulfide) groups is 1. The van der Waals surface area contributed by atoms with Crippen molar-refractivity contribution in [3.8, 4) is 11.5 Å². The highest BCUT2D eigenvalue weighted by Crippen LogP contribution is 2.39. The van der Waals surface area contributed by atoms with Crippen molar-refractivity contribution in [1.29, 1.82) is 0 Å². The Labute approximate surface area is 201 Å². The number of carbonyl (C=O) groups excluding carboxylic acids is 1. The normalized spacial score (nSPS) is 14.9. The molecule has 1 N–H and O–H groups in total. The van der Waals surface area contributed by atoms with Crippen LogP contribution in [0.25, 0.3) is 0 Å². The first-order chi connectivity index (χ1) is 16.4. The number of fused-ring (bicyclic) bond motifs is 1. The lowest BCUT2D eigenvalue weighted by atomic mass is 9.86. The molecule has 0 fully saturated rings. The number of methoxy groups -OCH3 is 1. The van der Waals surface area contributed by atoms with Gasteiger partial charge in [-0.3, -0.25) is 9.59 Å². The number of hydrogen-bond acceptors (Lipinski definition) is 6. The summed E-state index contributed by atoms with van der Waals surface area (Å²) in [5, 5.41) is 3.32. The largest absolute Gasteiger partial charge is 0.493 e. The van der Waals surface area contributed by atoms with E-state index in [1.165, 1.54) is 23.9 Å². The first kappa shape index (κ1) is 23.8. The lowest BCUT2D eigenvalue weighted by molar-refractivity contribution is -0.116. The van der Waals surface area contributed by atoms with Gasteiger partial charge in [-0.2, -0.15) is 4.98 Å². The molecule has 1 aromatic heterocycles. The van der Waals surface area contributed by atoms with Crippen molar-refractivity contribution in [3.05, 3.63) is 75.3 Å². The molecular formula is C25H26FN3O4S. The molecule has 34 heavy (non-hydrogen) atoms. The number of benzene rings is 2. The lowest BCUT2D eigenvalue weighted by Gasteiger charge is -2.28. The van der Waals surface area contributed by atoms with E-state index in [9.17, 15) is 14.0 Å². The number of aromatic nitrogens is 2. The first-order valence-corrected chi connectivity index (χ1v) is 12.0. The zero-order chi connectivity index (χ0) is 24.2. The molecule has 0 radical (unpaired) electrons. The zero-order valence-corrected chi connectivity index (χ0v) is 20.1. The van der Waals surface area contributed by atoms with Gasteiger partial charge in [-0.05, 0) is 41.8 Å². The number of rotatable bonds is 8. The number of ether oxygens (including phenoxy) is 2. The van der Waals surface area contributed by atoms with Gasteiger partial charge in [0.1, 0.15) is 11.6 Å². The van der Waals surface area contributed by atoms with Crippen molar-refractivity contribution >= 4 is 23.5 Å². The predicted octanol–water partition coefficient (Wildman–Crippen LogP) is 4.48. The SMILES string of the molecule is CCCOc1ccc([C@@H]2CC(=O)Nc3c2c(=O)nc(SCc2ccc(F)cc2)n3C)cc1OC. The molecule has 0 bridgehead atoms. The Balaban J connectivity index is 1.68. The van der Waals surface area contributed by atoms with Crippen LogP contribution in [-0.2, 0) is 17.6 Å². The van der Waals surface area contributed by atoms with E-state index in [0.29, 0.717) is 40.4 Å². The average Bonchev–Trinajstić information content (AvgIpc) is 2.84. The smallest absolute Gasteiger partial charge is 0.279 e. The topological polar surface area (TPSA) is 82.5 Å². The highest BCUT2D eigenvalue weighted by molar-refractivity contribution is 7.98. The Hall–Kier alpha value is -3.33. The second kappa shape index (κ2) is 10.3. The number of halogens is 1. The van der Waals surface area contributed by atoms with E-state index >= 15 is 0 Å². The van der Waals surface area contributed by atoms with E-state index < -0.39 is 5.92 Å². The Kier molecular flexibility index (Phi) is 7.21. The van der Waals surface area contributed by atoms with Crippen LogP contribution in [0.1, 0.15) is 42.4 Å². The Bertz CT molecular complexity index is 1260. The molecule has 0 unspecified atom stereocenters. The van der Waals surface area contributed by atoms with Crippen LogP contribution in [0.5, 0.6) is 11.5 Å². The molecule has 1 aliphatic heterocycles. The lowest BCUT2D eigenvalue weighted by Crippen LogP contribution is -2.33. The summed E-state index contributed by atoms with van der Waals surface area (Å²) in [4.78, 5) is 30.1. The van der Waals surface area contributed by atoms with Crippen LogP contribution in [-0.4, -0.2) is 29.2 Å². The molecule has 2 heterocycles. The molecule has 9 heteroatoms. The second-order valence-corrected chi connectivity index (χ2v) is 8.94. The quantitative estimate of drug-likeness (QED) is 0.376. The van der Waals surface area contributed by atoms with Crippen molar-refractivity contribution in [1.82, 2.24) is 9.55 Å². The summed E-state index contributed by atoms with van der Waals surface area (Å²) < 4.78 is 26.1. The zero-order valence-electron chi connectivity index (χ0n) is 19.3. The summed E-state index contributed by atoms with van der Waals surface area (Å²) in [6, 6.07) is 11.7. The van der Waals surface area contributed by atoms with Crippen molar-refractivity contribution in [2.45, 2.75) is 36.6 Å². The van der Waals surface area contributed by atoms with Gasteiger partial charge in [0.25, 0.3) is 5.56 Å². The summed E-state index contributed by atoms with van der Waals surface area (Å²) >= 11 is 1.35. The molecule has 1 aliphatic rings. The maximum atomic E-state index is 13.2. The van der Waals surface area contributed by atoms with Gasteiger partial charge >= 0.3 is 0 Å². The van der Waals surface area contributed by atoms with E-state index in [1.807, 2.05) is 19.1 Å². The number of anilines is 1. The minimum Gasteiger partial charge on any atom is -0.493 e. The third-order valence-corrected chi connectivity index (χ3v) is 6.73. The van der Waals surface area contributed by atoms with Crippen molar-refractivity contribution in [2.75, 3.05) is 19.0 Å². The number of nitrogens with zero attached hydrogens (tertiary/aromatic N) is 2. The monoisotopic (exact) mass is 483 g/mol. The van der Waals surface area contributed by atoms with Crippen molar-refractivity contribution in [2.24, 2.45) is 7.05 Å². The van der Waals surface area contributed by atoms with Gasteiger partial charge in [-0.1, -0.05) is 36.9 Å². The van der Waals surface area contributed by atoms with Crippen LogP contribution in [0.3, 0.4) is 0 Å². The molecule has 3 aromatic rings. The highest BCUT2D eigenvalue weighted by Gasteiger charge is 2.32. The number of nitrogens with one attached hydrogen (secondary N) is 1. The van der Waals surface area contributed by atoms with Crippen LogP contribution in [0, 0.1) is 5.82 Å². The predicted molar refractivity (Wildman–Crippen MR) is 129 cm³/mol. The maximum absolute atomic E-state index is 13.2. The minimum atomic E-state index is -0.458. The van der Waals surface area contributed by atoms with Gasteiger partial charge in [0.2, 0.25) is 5.91 Å². The Morgan fingerprint density at radius 3 is 2.65 bits per heavy atom.